The van der Waals surface area contributed by atoms with Gasteiger partial charge in [-0.25, -0.2) is 9.97 Å². The minimum Gasteiger partial charge on any atom is -0.374 e. The van der Waals surface area contributed by atoms with Gasteiger partial charge in [-0.05, 0) is 31.5 Å². The molecular formula is C15H17BrClN3O. The molecule has 0 aliphatic carbocycles. The molecule has 0 aliphatic rings. The van der Waals surface area contributed by atoms with Crippen LogP contribution in [-0.4, -0.2) is 16.6 Å². The van der Waals surface area contributed by atoms with E-state index in [1.165, 1.54) is 0 Å². The van der Waals surface area contributed by atoms with Crippen LogP contribution in [-0.2, 0) is 11.3 Å². The highest BCUT2D eigenvalue weighted by Gasteiger charge is 2.09. The summed E-state index contributed by atoms with van der Waals surface area (Å²) in [6, 6.07) is 9.95. The molecule has 0 aliphatic heterocycles. The third-order valence-electron chi connectivity index (χ3n) is 2.89. The van der Waals surface area contributed by atoms with E-state index in [1.807, 2.05) is 19.1 Å². The van der Waals surface area contributed by atoms with Gasteiger partial charge in [-0.2, -0.15) is 0 Å². The molecule has 0 fully saturated rings. The van der Waals surface area contributed by atoms with Crippen LogP contribution in [0.25, 0.3) is 0 Å². The lowest BCUT2D eigenvalue weighted by molar-refractivity contribution is 0.128. The lowest BCUT2D eigenvalue weighted by atomic mass is 10.1. The first kappa shape index (κ1) is 16.2. The molecule has 1 N–H and O–H groups in total. The van der Waals surface area contributed by atoms with Crippen molar-refractivity contribution < 1.29 is 4.74 Å². The number of hydrogen-bond acceptors (Lipinski definition) is 4. The van der Waals surface area contributed by atoms with Crippen molar-refractivity contribution in [1.82, 2.24) is 9.97 Å². The summed E-state index contributed by atoms with van der Waals surface area (Å²) in [5, 5.41) is 3.74. The Hall–Kier alpha value is -1.17. The van der Waals surface area contributed by atoms with E-state index in [1.54, 1.807) is 6.07 Å². The third kappa shape index (κ3) is 4.95. The van der Waals surface area contributed by atoms with Crippen LogP contribution in [0.5, 0.6) is 0 Å². The standard InChI is InChI=1S/C15H17BrClN3O/c1-3-21-9-15-19-13(17)8-14(20-15)18-10(2)11-5-4-6-12(16)7-11/h4-8,10H,3,9H2,1-2H3,(H,18,19,20). The minimum absolute atomic E-state index is 0.105. The maximum atomic E-state index is 6.03. The van der Waals surface area contributed by atoms with Gasteiger partial charge < -0.3 is 10.1 Å². The van der Waals surface area contributed by atoms with Gasteiger partial charge >= 0.3 is 0 Å². The van der Waals surface area contributed by atoms with E-state index in [9.17, 15) is 0 Å². The van der Waals surface area contributed by atoms with Crippen LogP contribution < -0.4 is 5.32 Å². The van der Waals surface area contributed by atoms with Gasteiger partial charge in [0.25, 0.3) is 0 Å². The van der Waals surface area contributed by atoms with Crippen LogP contribution in [0.4, 0.5) is 5.82 Å². The fourth-order valence-electron chi connectivity index (χ4n) is 1.88. The smallest absolute Gasteiger partial charge is 0.158 e. The van der Waals surface area contributed by atoms with Crippen molar-refractivity contribution >= 4 is 33.3 Å². The zero-order chi connectivity index (χ0) is 15.2. The number of halogens is 2. The minimum atomic E-state index is 0.105. The molecule has 0 bridgehead atoms. The van der Waals surface area contributed by atoms with Crippen LogP contribution >= 0.6 is 27.5 Å². The highest BCUT2D eigenvalue weighted by atomic mass is 79.9. The topological polar surface area (TPSA) is 47.0 Å². The second kappa shape index (κ2) is 7.73. The molecule has 1 atom stereocenters. The van der Waals surface area contributed by atoms with E-state index in [4.69, 9.17) is 16.3 Å². The molecule has 0 amide bonds. The number of nitrogens with one attached hydrogen (secondary N) is 1. The van der Waals surface area contributed by atoms with Gasteiger partial charge in [0.2, 0.25) is 0 Å². The molecule has 0 radical (unpaired) electrons. The van der Waals surface area contributed by atoms with Gasteiger partial charge in [-0.3, -0.25) is 0 Å². The number of hydrogen-bond donors (Lipinski definition) is 1. The van der Waals surface area contributed by atoms with Crippen molar-refractivity contribution in [3.63, 3.8) is 0 Å². The summed E-state index contributed by atoms with van der Waals surface area (Å²) in [5.41, 5.74) is 1.16. The maximum absolute atomic E-state index is 6.03. The quantitative estimate of drug-likeness (QED) is 0.755. The Morgan fingerprint density at radius 1 is 1.33 bits per heavy atom. The second-order valence-electron chi connectivity index (χ2n) is 4.55. The number of rotatable bonds is 6. The van der Waals surface area contributed by atoms with E-state index in [0.29, 0.717) is 30.0 Å². The Morgan fingerprint density at radius 2 is 2.14 bits per heavy atom. The van der Waals surface area contributed by atoms with Crippen molar-refractivity contribution in [2.24, 2.45) is 0 Å². The highest BCUT2D eigenvalue weighted by molar-refractivity contribution is 9.10. The van der Waals surface area contributed by atoms with Crippen LogP contribution in [0.15, 0.2) is 34.8 Å². The summed E-state index contributed by atoms with van der Waals surface area (Å²) >= 11 is 9.51. The van der Waals surface area contributed by atoms with Crippen molar-refractivity contribution in [2.45, 2.75) is 26.5 Å². The van der Waals surface area contributed by atoms with Gasteiger partial charge in [0.1, 0.15) is 17.6 Å². The molecular weight excluding hydrogens is 354 g/mol. The Morgan fingerprint density at radius 3 is 2.86 bits per heavy atom. The summed E-state index contributed by atoms with van der Waals surface area (Å²) in [5.74, 6) is 1.27. The van der Waals surface area contributed by atoms with E-state index in [0.717, 1.165) is 10.0 Å². The van der Waals surface area contributed by atoms with Crippen LogP contribution in [0, 0.1) is 0 Å². The van der Waals surface area contributed by atoms with Crippen LogP contribution in [0.1, 0.15) is 31.3 Å². The summed E-state index contributed by atoms with van der Waals surface area (Å²) in [6.45, 7) is 4.98. The lowest BCUT2D eigenvalue weighted by Crippen LogP contribution is -2.10. The Bertz CT molecular complexity index is 609. The zero-order valence-corrected chi connectivity index (χ0v) is 14.3. The van der Waals surface area contributed by atoms with Gasteiger partial charge in [-0.1, -0.05) is 39.7 Å². The SMILES string of the molecule is CCOCc1nc(Cl)cc(NC(C)c2cccc(Br)c2)n1. The molecule has 0 spiro atoms. The summed E-state index contributed by atoms with van der Waals surface area (Å²) < 4.78 is 6.36. The predicted octanol–water partition coefficient (Wildman–Crippen LogP) is 4.60. The molecule has 4 nitrogen and oxygen atoms in total. The van der Waals surface area contributed by atoms with Gasteiger partial charge in [0.15, 0.2) is 5.82 Å². The largest absolute Gasteiger partial charge is 0.374 e. The Labute approximate surface area is 138 Å². The molecule has 2 rings (SSSR count). The number of anilines is 1. The Balaban J connectivity index is 2.13. The first-order valence-corrected chi connectivity index (χ1v) is 7.88. The van der Waals surface area contributed by atoms with Crippen molar-refractivity contribution in [1.29, 1.82) is 0 Å². The van der Waals surface area contributed by atoms with E-state index < -0.39 is 0 Å². The number of ether oxygens (including phenoxy) is 1. The third-order valence-corrected chi connectivity index (χ3v) is 3.58. The molecule has 2 aromatic rings. The number of aromatic nitrogens is 2. The van der Waals surface area contributed by atoms with Crippen molar-refractivity contribution in [2.75, 3.05) is 11.9 Å². The van der Waals surface area contributed by atoms with E-state index in [2.05, 4.69) is 50.3 Å². The molecule has 21 heavy (non-hydrogen) atoms. The summed E-state index contributed by atoms with van der Waals surface area (Å²) in [4.78, 5) is 8.56. The van der Waals surface area contributed by atoms with E-state index >= 15 is 0 Å². The summed E-state index contributed by atoms with van der Waals surface area (Å²) in [6.07, 6.45) is 0. The molecule has 6 heteroatoms. The average molecular weight is 371 g/mol. The first-order valence-electron chi connectivity index (χ1n) is 6.71. The van der Waals surface area contributed by atoms with Gasteiger partial charge in [0.05, 0.1) is 0 Å². The van der Waals surface area contributed by atoms with E-state index in [-0.39, 0.29) is 6.04 Å². The molecule has 112 valence electrons. The lowest BCUT2D eigenvalue weighted by Gasteiger charge is -2.16. The molecule has 0 saturated heterocycles. The fourth-order valence-corrected chi connectivity index (χ4v) is 2.50. The zero-order valence-electron chi connectivity index (χ0n) is 11.9. The van der Waals surface area contributed by atoms with Gasteiger partial charge in [-0.15, -0.1) is 0 Å². The average Bonchev–Trinajstić information content (AvgIpc) is 2.44. The molecule has 1 heterocycles. The number of nitrogens with zero attached hydrogens (tertiary/aromatic N) is 2. The maximum Gasteiger partial charge on any atom is 0.158 e. The fraction of sp³-hybridized carbons (Fsp3) is 0.333. The predicted molar refractivity (Wildman–Crippen MR) is 88.6 cm³/mol. The molecule has 1 unspecified atom stereocenters. The van der Waals surface area contributed by atoms with Crippen molar-refractivity contribution in [3.8, 4) is 0 Å². The normalized spacial score (nSPS) is 12.2. The second-order valence-corrected chi connectivity index (χ2v) is 5.85. The van der Waals surface area contributed by atoms with Gasteiger partial charge in [0, 0.05) is 23.2 Å². The highest BCUT2D eigenvalue weighted by Crippen LogP contribution is 2.22. The van der Waals surface area contributed by atoms with Crippen LogP contribution in [0.2, 0.25) is 5.15 Å². The number of benzene rings is 1. The summed E-state index contributed by atoms with van der Waals surface area (Å²) in [7, 11) is 0. The monoisotopic (exact) mass is 369 g/mol. The molecule has 1 aromatic carbocycles. The molecule has 0 saturated carbocycles. The van der Waals surface area contributed by atoms with Crippen molar-refractivity contribution in [3.05, 3.63) is 51.3 Å². The Kier molecular flexibility index (Phi) is 5.96. The first-order chi connectivity index (χ1) is 10.1. The molecule has 1 aromatic heterocycles. The van der Waals surface area contributed by atoms with Crippen LogP contribution in [0.3, 0.4) is 0 Å².